The molecule has 3 amide bonds. The molecule has 0 radical (unpaired) electrons. The molecule has 10 heteroatoms. The average molecular weight is 435 g/mol. The van der Waals surface area contributed by atoms with Crippen molar-refractivity contribution in [2.24, 2.45) is 11.8 Å². The number of sulfonamides is 1. The van der Waals surface area contributed by atoms with Gasteiger partial charge < -0.3 is 4.90 Å². The fourth-order valence-corrected chi connectivity index (χ4v) is 5.67. The van der Waals surface area contributed by atoms with Gasteiger partial charge in [0.2, 0.25) is 27.7 Å². The van der Waals surface area contributed by atoms with Gasteiger partial charge in [-0.2, -0.15) is 4.31 Å². The number of benzene rings is 1. The van der Waals surface area contributed by atoms with E-state index in [4.69, 9.17) is 0 Å². The molecule has 1 aliphatic carbocycles. The predicted molar refractivity (Wildman–Crippen MR) is 104 cm³/mol. The van der Waals surface area contributed by atoms with Crippen molar-refractivity contribution in [2.45, 2.75) is 17.7 Å². The minimum atomic E-state index is -3.86. The zero-order chi connectivity index (χ0) is 21.5. The van der Waals surface area contributed by atoms with E-state index in [1.165, 1.54) is 27.4 Å². The van der Waals surface area contributed by atoms with Crippen LogP contribution in [-0.4, -0.2) is 73.0 Å². The Morgan fingerprint density at radius 3 is 2.17 bits per heavy atom. The van der Waals surface area contributed by atoms with Gasteiger partial charge in [0.05, 0.1) is 16.7 Å². The molecular formula is C20H22FN3O5S. The number of allylic oxidation sites excluding steroid dienone is 2. The molecule has 160 valence electrons. The van der Waals surface area contributed by atoms with Gasteiger partial charge in [0.1, 0.15) is 12.4 Å². The van der Waals surface area contributed by atoms with Crippen LogP contribution < -0.4 is 0 Å². The van der Waals surface area contributed by atoms with Crippen molar-refractivity contribution >= 4 is 27.7 Å². The van der Waals surface area contributed by atoms with Crippen LogP contribution in [0.25, 0.3) is 0 Å². The Balaban J connectivity index is 1.37. The summed E-state index contributed by atoms with van der Waals surface area (Å²) >= 11 is 0. The third-order valence-electron chi connectivity index (χ3n) is 5.92. The topological polar surface area (TPSA) is 95.1 Å². The first-order valence-corrected chi connectivity index (χ1v) is 11.3. The minimum Gasteiger partial charge on any atom is -0.338 e. The van der Waals surface area contributed by atoms with Gasteiger partial charge in [-0.3, -0.25) is 19.3 Å². The van der Waals surface area contributed by atoms with Crippen LogP contribution in [0.4, 0.5) is 4.39 Å². The summed E-state index contributed by atoms with van der Waals surface area (Å²) in [5.41, 5.74) is 0. The molecule has 0 saturated carbocycles. The summed E-state index contributed by atoms with van der Waals surface area (Å²) in [6.07, 6.45) is 4.79. The second-order valence-electron chi connectivity index (χ2n) is 7.66. The Kier molecular flexibility index (Phi) is 5.46. The largest absolute Gasteiger partial charge is 0.338 e. The molecule has 0 N–H and O–H groups in total. The van der Waals surface area contributed by atoms with Crippen LogP contribution in [0.5, 0.6) is 0 Å². The number of imide groups is 1. The summed E-state index contributed by atoms with van der Waals surface area (Å²) in [7, 11) is -3.86. The number of carbonyl (C=O) groups excluding carboxylic acids is 3. The lowest BCUT2D eigenvalue weighted by atomic mass is 9.85. The summed E-state index contributed by atoms with van der Waals surface area (Å²) in [5.74, 6) is -2.41. The molecule has 3 aliphatic rings. The van der Waals surface area contributed by atoms with Crippen molar-refractivity contribution in [3.8, 4) is 0 Å². The second kappa shape index (κ2) is 7.92. The number of amides is 3. The molecule has 0 aromatic heterocycles. The van der Waals surface area contributed by atoms with Crippen molar-refractivity contribution < 1.29 is 27.2 Å². The first-order chi connectivity index (χ1) is 14.3. The Labute approximate surface area is 174 Å². The monoisotopic (exact) mass is 435 g/mol. The number of halogens is 1. The Morgan fingerprint density at radius 1 is 1.00 bits per heavy atom. The summed E-state index contributed by atoms with van der Waals surface area (Å²) < 4.78 is 40.0. The number of likely N-dealkylation sites (tertiary alicyclic amines) is 1. The van der Waals surface area contributed by atoms with Crippen LogP contribution in [0.3, 0.4) is 0 Å². The lowest BCUT2D eigenvalue weighted by Gasteiger charge is -2.34. The molecule has 2 aliphatic heterocycles. The first kappa shape index (κ1) is 20.7. The quantitative estimate of drug-likeness (QED) is 0.510. The van der Waals surface area contributed by atoms with E-state index in [0.29, 0.717) is 12.8 Å². The molecule has 30 heavy (non-hydrogen) atoms. The van der Waals surface area contributed by atoms with Crippen LogP contribution in [0.1, 0.15) is 12.8 Å². The standard InChI is InChI=1S/C20H22FN3O5S/c21-14-4-3-5-15(12-14)30(28,29)23-10-8-22(9-11-23)18(25)13-24-19(26)16-6-1-2-7-17(16)20(24)27/h1-5,12,16-17H,6-11,13H2/t16-,17+. The molecule has 2 atom stereocenters. The van der Waals surface area contributed by atoms with Crippen LogP contribution >= 0.6 is 0 Å². The summed E-state index contributed by atoms with van der Waals surface area (Å²) in [6, 6.07) is 4.79. The summed E-state index contributed by atoms with van der Waals surface area (Å²) in [4.78, 5) is 40.1. The predicted octanol–water partition coefficient (Wildman–Crippen LogP) is 0.610. The number of hydrogen-bond donors (Lipinski definition) is 0. The molecule has 2 saturated heterocycles. The number of nitrogens with zero attached hydrogens (tertiary/aromatic N) is 3. The lowest BCUT2D eigenvalue weighted by molar-refractivity contribution is -0.147. The molecule has 0 unspecified atom stereocenters. The van der Waals surface area contributed by atoms with Gasteiger partial charge in [-0.25, -0.2) is 12.8 Å². The zero-order valence-corrected chi connectivity index (χ0v) is 17.1. The molecule has 0 bridgehead atoms. The third kappa shape index (κ3) is 3.65. The zero-order valence-electron chi connectivity index (χ0n) is 16.2. The Hall–Kier alpha value is -2.59. The highest BCUT2D eigenvalue weighted by Gasteiger charge is 2.48. The molecule has 2 heterocycles. The van der Waals surface area contributed by atoms with Gasteiger partial charge in [-0.1, -0.05) is 18.2 Å². The number of hydrogen-bond acceptors (Lipinski definition) is 5. The van der Waals surface area contributed by atoms with Crippen molar-refractivity contribution in [1.82, 2.24) is 14.1 Å². The van der Waals surface area contributed by atoms with Crippen molar-refractivity contribution in [2.75, 3.05) is 32.7 Å². The van der Waals surface area contributed by atoms with Crippen LogP contribution in [0.2, 0.25) is 0 Å². The molecule has 8 nitrogen and oxygen atoms in total. The fraction of sp³-hybridized carbons (Fsp3) is 0.450. The van der Waals surface area contributed by atoms with Gasteiger partial charge in [-0.05, 0) is 31.0 Å². The van der Waals surface area contributed by atoms with Gasteiger partial charge >= 0.3 is 0 Å². The maximum Gasteiger partial charge on any atom is 0.243 e. The van der Waals surface area contributed by atoms with Crippen molar-refractivity contribution in [3.05, 3.63) is 42.2 Å². The maximum absolute atomic E-state index is 13.4. The van der Waals surface area contributed by atoms with E-state index < -0.39 is 15.8 Å². The van der Waals surface area contributed by atoms with Gasteiger partial charge in [0.25, 0.3) is 0 Å². The lowest BCUT2D eigenvalue weighted by Crippen LogP contribution is -2.53. The average Bonchev–Trinajstić information content (AvgIpc) is 2.99. The van der Waals surface area contributed by atoms with E-state index in [1.807, 2.05) is 12.2 Å². The second-order valence-corrected chi connectivity index (χ2v) is 9.60. The number of fused-ring (bicyclic) bond motifs is 1. The van der Waals surface area contributed by atoms with E-state index in [1.54, 1.807) is 0 Å². The van der Waals surface area contributed by atoms with Crippen molar-refractivity contribution in [3.63, 3.8) is 0 Å². The SMILES string of the molecule is O=C(CN1C(=O)[C@H]2CC=CC[C@H]2C1=O)N1CCN(S(=O)(=O)c2cccc(F)c2)CC1. The summed E-state index contributed by atoms with van der Waals surface area (Å²) in [6.45, 7) is 0.0701. The molecular weight excluding hydrogens is 413 g/mol. The Morgan fingerprint density at radius 2 is 1.60 bits per heavy atom. The van der Waals surface area contributed by atoms with E-state index >= 15 is 0 Å². The molecule has 2 fully saturated rings. The fourth-order valence-electron chi connectivity index (χ4n) is 4.21. The van der Waals surface area contributed by atoms with Crippen molar-refractivity contribution in [1.29, 1.82) is 0 Å². The normalized spacial score (nSPS) is 25.0. The van der Waals surface area contributed by atoms with E-state index in [9.17, 15) is 27.2 Å². The number of carbonyl (C=O) groups is 3. The smallest absolute Gasteiger partial charge is 0.243 e. The van der Waals surface area contributed by atoms with E-state index in [2.05, 4.69) is 0 Å². The van der Waals surface area contributed by atoms with Crippen LogP contribution in [0, 0.1) is 17.7 Å². The van der Waals surface area contributed by atoms with Crippen LogP contribution in [0.15, 0.2) is 41.3 Å². The summed E-state index contributed by atoms with van der Waals surface area (Å²) in [5, 5.41) is 0. The number of piperazine rings is 1. The van der Waals surface area contributed by atoms with Crippen LogP contribution in [-0.2, 0) is 24.4 Å². The molecule has 0 spiro atoms. The first-order valence-electron chi connectivity index (χ1n) is 9.83. The Bertz CT molecular complexity index is 991. The number of rotatable bonds is 4. The van der Waals surface area contributed by atoms with E-state index in [-0.39, 0.29) is 67.2 Å². The highest BCUT2D eigenvalue weighted by atomic mass is 32.2. The highest BCUT2D eigenvalue weighted by molar-refractivity contribution is 7.89. The van der Waals surface area contributed by atoms with E-state index in [0.717, 1.165) is 11.0 Å². The van der Waals surface area contributed by atoms with Gasteiger partial charge in [0, 0.05) is 26.2 Å². The molecule has 4 rings (SSSR count). The van der Waals surface area contributed by atoms with Gasteiger partial charge in [0.15, 0.2) is 0 Å². The third-order valence-corrected chi connectivity index (χ3v) is 7.81. The van der Waals surface area contributed by atoms with Gasteiger partial charge in [-0.15, -0.1) is 0 Å². The molecule has 1 aromatic rings. The minimum absolute atomic E-state index is 0.0572. The highest BCUT2D eigenvalue weighted by Crippen LogP contribution is 2.35. The maximum atomic E-state index is 13.4. The molecule has 1 aromatic carbocycles.